The van der Waals surface area contributed by atoms with Gasteiger partial charge in [0, 0.05) is 24.0 Å². The lowest BCUT2D eigenvalue weighted by molar-refractivity contribution is -0.132. The van der Waals surface area contributed by atoms with E-state index in [0.717, 1.165) is 29.1 Å². The van der Waals surface area contributed by atoms with Gasteiger partial charge in [0.05, 0.1) is 16.4 Å². The van der Waals surface area contributed by atoms with Gasteiger partial charge >= 0.3 is 0 Å². The van der Waals surface area contributed by atoms with Gasteiger partial charge in [-0.05, 0) is 51.8 Å². The summed E-state index contributed by atoms with van der Waals surface area (Å²) in [5.41, 5.74) is 2.44. The molecule has 28 heavy (non-hydrogen) atoms. The number of hydrogen-bond acceptors (Lipinski definition) is 5. The molecule has 6 nitrogen and oxygen atoms in total. The zero-order valence-corrected chi connectivity index (χ0v) is 17.7. The van der Waals surface area contributed by atoms with Crippen LogP contribution in [-0.4, -0.2) is 47.4 Å². The molecule has 1 aromatic carbocycles. The summed E-state index contributed by atoms with van der Waals surface area (Å²) >= 11 is 1.64. The van der Waals surface area contributed by atoms with Crippen LogP contribution in [0.3, 0.4) is 0 Å². The van der Waals surface area contributed by atoms with Gasteiger partial charge in [-0.25, -0.2) is 4.98 Å². The molecule has 7 heteroatoms. The third-order valence-electron chi connectivity index (χ3n) is 4.89. The zero-order chi connectivity index (χ0) is 20.3. The summed E-state index contributed by atoms with van der Waals surface area (Å²) in [4.78, 5) is 33.4. The lowest BCUT2D eigenvalue weighted by Gasteiger charge is -2.34. The van der Waals surface area contributed by atoms with E-state index in [0.29, 0.717) is 24.5 Å². The molecule has 0 bridgehead atoms. The number of carbonyl (C=O) groups excluding carboxylic acids is 2. The molecular weight excluding hydrogens is 374 g/mol. The van der Waals surface area contributed by atoms with Crippen molar-refractivity contribution in [3.05, 3.63) is 28.6 Å². The maximum atomic E-state index is 12.8. The molecular formula is C21H27N3O3S. The molecule has 0 aliphatic carbocycles. The quantitative estimate of drug-likeness (QED) is 0.709. The second kappa shape index (κ2) is 8.73. The van der Waals surface area contributed by atoms with Crippen molar-refractivity contribution < 1.29 is 14.3 Å². The van der Waals surface area contributed by atoms with Gasteiger partial charge in [0.1, 0.15) is 12.3 Å². The maximum Gasteiger partial charge on any atom is 0.268 e. The molecule has 0 spiro atoms. The number of nitrogens with zero attached hydrogens (tertiary/aromatic N) is 3. The van der Waals surface area contributed by atoms with Crippen LogP contribution in [0.4, 0.5) is 5.69 Å². The summed E-state index contributed by atoms with van der Waals surface area (Å²) in [6.45, 7) is 8.98. The van der Waals surface area contributed by atoms with Crippen LogP contribution in [0.2, 0.25) is 0 Å². The Labute approximate surface area is 170 Å². The predicted octanol–water partition coefficient (Wildman–Crippen LogP) is 3.74. The highest BCUT2D eigenvalue weighted by Gasteiger charge is 2.33. The SMILES string of the molecule is CCCc1nc(-c2ccc3c(c2)N(CC(=O)N(CC)CC)C(=O)C(C)O3)cs1. The Morgan fingerprint density at radius 2 is 2.04 bits per heavy atom. The molecule has 1 atom stereocenters. The number of carbonyl (C=O) groups is 2. The fraction of sp³-hybridized carbons (Fsp3) is 0.476. The molecule has 1 aromatic heterocycles. The van der Waals surface area contributed by atoms with Crippen molar-refractivity contribution in [2.45, 2.75) is 46.6 Å². The van der Waals surface area contributed by atoms with Gasteiger partial charge < -0.3 is 9.64 Å². The third-order valence-corrected chi connectivity index (χ3v) is 5.80. The zero-order valence-electron chi connectivity index (χ0n) is 16.9. The van der Waals surface area contributed by atoms with Gasteiger partial charge in [-0.3, -0.25) is 14.5 Å². The number of amides is 2. The molecule has 1 aliphatic rings. The third kappa shape index (κ3) is 4.04. The molecule has 2 amide bonds. The van der Waals surface area contributed by atoms with E-state index in [-0.39, 0.29) is 18.4 Å². The van der Waals surface area contributed by atoms with Gasteiger partial charge in [-0.2, -0.15) is 0 Å². The van der Waals surface area contributed by atoms with Crippen LogP contribution in [0, 0.1) is 0 Å². The van der Waals surface area contributed by atoms with Crippen LogP contribution in [0.15, 0.2) is 23.6 Å². The summed E-state index contributed by atoms with van der Waals surface area (Å²) in [6, 6.07) is 5.72. The molecule has 3 rings (SSSR count). The Hall–Kier alpha value is -2.41. The number of anilines is 1. The normalized spacial score (nSPS) is 15.9. The second-order valence-electron chi connectivity index (χ2n) is 6.81. The number of thiazole rings is 1. The number of hydrogen-bond donors (Lipinski definition) is 0. The van der Waals surface area contributed by atoms with Crippen LogP contribution in [0.5, 0.6) is 5.75 Å². The first-order valence-corrected chi connectivity index (χ1v) is 10.7. The molecule has 2 heterocycles. The van der Waals surface area contributed by atoms with Crippen molar-refractivity contribution in [3.63, 3.8) is 0 Å². The fourth-order valence-electron chi connectivity index (χ4n) is 3.31. The monoisotopic (exact) mass is 401 g/mol. The topological polar surface area (TPSA) is 62.7 Å². The van der Waals surface area contributed by atoms with Crippen molar-refractivity contribution in [2.24, 2.45) is 0 Å². The Kier molecular flexibility index (Phi) is 6.34. The Balaban J connectivity index is 1.94. The van der Waals surface area contributed by atoms with Gasteiger partial charge in [0.15, 0.2) is 6.10 Å². The fourth-order valence-corrected chi connectivity index (χ4v) is 4.22. The van der Waals surface area contributed by atoms with Crippen molar-refractivity contribution in [3.8, 4) is 17.0 Å². The van der Waals surface area contributed by atoms with Crippen molar-refractivity contribution in [2.75, 3.05) is 24.5 Å². The van der Waals surface area contributed by atoms with Crippen molar-refractivity contribution in [1.82, 2.24) is 9.88 Å². The molecule has 0 saturated heterocycles. The number of benzene rings is 1. The standard InChI is InChI=1S/C21H27N3O3S/c1-5-8-19-22-16(13-28-19)15-9-10-18-17(11-15)24(21(26)14(4)27-18)12-20(25)23(6-2)7-3/h9-11,13-14H,5-8,12H2,1-4H3. The van der Waals surface area contributed by atoms with Crippen molar-refractivity contribution >= 4 is 28.8 Å². The van der Waals surface area contributed by atoms with Crippen LogP contribution in [0.1, 0.15) is 39.1 Å². The largest absolute Gasteiger partial charge is 0.479 e. The first-order valence-electron chi connectivity index (χ1n) is 9.83. The van der Waals surface area contributed by atoms with Gasteiger partial charge in [0.2, 0.25) is 5.91 Å². The number of aryl methyl sites for hydroxylation is 1. The molecule has 0 N–H and O–H groups in total. The van der Waals surface area contributed by atoms with Crippen molar-refractivity contribution in [1.29, 1.82) is 0 Å². The number of fused-ring (bicyclic) bond motifs is 1. The predicted molar refractivity (Wildman–Crippen MR) is 112 cm³/mol. The van der Waals surface area contributed by atoms with E-state index in [2.05, 4.69) is 6.92 Å². The van der Waals surface area contributed by atoms with Gasteiger partial charge in [-0.15, -0.1) is 11.3 Å². The van der Waals surface area contributed by atoms with E-state index in [4.69, 9.17) is 9.72 Å². The number of ether oxygens (including phenoxy) is 1. The minimum absolute atomic E-state index is 0.0167. The smallest absolute Gasteiger partial charge is 0.268 e. The van der Waals surface area contributed by atoms with Crippen LogP contribution < -0.4 is 9.64 Å². The van der Waals surface area contributed by atoms with E-state index in [1.807, 2.05) is 37.4 Å². The van der Waals surface area contributed by atoms with E-state index < -0.39 is 6.10 Å². The highest BCUT2D eigenvalue weighted by atomic mass is 32.1. The van der Waals surface area contributed by atoms with Crippen LogP contribution in [-0.2, 0) is 16.0 Å². The van der Waals surface area contributed by atoms with E-state index in [1.165, 1.54) is 0 Å². The summed E-state index contributed by atoms with van der Waals surface area (Å²) in [5, 5.41) is 3.14. The Bertz CT molecular complexity index is 860. The van der Waals surface area contributed by atoms with Crippen LogP contribution in [0.25, 0.3) is 11.3 Å². The van der Waals surface area contributed by atoms with Gasteiger partial charge in [-0.1, -0.05) is 6.92 Å². The van der Waals surface area contributed by atoms with E-state index >= 15 is 0 Å². The summed E-state index contributed by atoms with van der Waals surface area (Å²) in [5.74, 6) is 0.352. The number of aromatic nitrogens is 1. The summed E-state index contributed by atoms with van der Waals surface area (Å²) in [7, 11) is 0. The maximum absolute atomic E-state index is 12.8. The van der Waals surface area contributed by atoms with Crippen LogP contribution >= 0.6 is 11.3 Å². The first-order chi connectivity index (χ1) is 13.5. The molecule has 1 aliphatic heterocycles. The summed E-state index contributed by atoms with van der Waals surface area (Å²) < 4.78 is 5.77. The minimum Gasteiger partial charge on any atom is -0.479 e. The molecule has 1 unspecified atom stereocenters. The first kappa shape index (κ1) is 20.3. The highest BCUT2D eigenvalue weighted by molar-refractivity contribution is 7.09. The number of rotatable bonds is 7. The Morgan fingerprint density at radius 1 is 1.29 bits per heavy atom. The molecule has 0 radical (unpaired) electrons. The lowest BCUT2D eigenvalue weighted by Crippen LogP contribution is -2.49. The van der Waals surface area contributed by atoms with Gasteiger partial charge in [0.25, 0.3) is 5.91 Å². The average Bonchev–Trinajstić information content (AvgIpc) is 3.15. The molecule has 0 fully saturated rings. The number of likely N-dealkylation sites (N-methyl/N-ethyl adjacent to an activating group) is 1. The average molecular weight is 402 g/mol. The minimum atomic E-state index is -0.613. The molecule has 0 saturated carbocycles. The Morgan fingerprint density at radius 3 is 2.71 bits per heavy atom. The summed E-state index contributed by atoms with van der Waals surface area (Å²) in [6.07, 6.45) is 1.40. The van der Waals surface area contributed by atoms with E-state index in [9.17, 15) is 9.59 Å². The lowest BCUT2D eigenvalue weighted by atomic mass is 10.1. The highest BCUT2D eigenvalue weighted by Crippen LogP contribution is 2.37. The van der Waals surface area contributed by atoms with E-state index in [1.54, 1.807) is 28.1 Å². The molecule has 150 valence electrons. The second-order valence-corrected chi connectivity index (χ2v) is 7.75. The molecule has 2 aromatic rings.